The molecule has 3 heterocycles. The Bertz CT molecular complexity index is 1670. The van der Waals surface area contributed by atoms with Gasteiger partial charge in [0, 0.05) is 35.8 Å². The predicted molar refractivity (Wildman–Crippen MR) is 156 cm³/mol. The number of amides is 1. The van der Waals surface area contributed by atoms with E-state index in [-0.39, 0.29) is 5.91 Å². The van der Waals surface area contributed by atoms with E-state index < -0.39 is 0 Å². The number of benzene rings is 3. The number of imidazole rings is 1. The minimum Gasteiger partial charge on any atom is -0.379 e. The molecule has 0 bridgehead atoms. The fourth-order valence-corrected chi connectivity index (χ4v) is 5.93. The first-order valence-electron chi connectivity index (χ1n) is 14.2. The van der Waals surface area contributed by atoms with E-state index in [9.17, 15) is 4.79 Å². The van der Waals surface area contributed by atoms with Gasteiger partial charge < -0.3 is 9.30 Å². The molecule has 2 fully saturated rings. The largest absolute Gasteiger partial charge is 0.379 e. The van der Waals surface area contributed by atoms with E-state index >= 15 is 0 Å². The van der Waals surface area contributed by atoms with Gasteiger partial charge in [0.2, 0.25) is 0 Å². The van der Waals surface area contributed by atoms with Crippen molar-refractivity contribution in [2.75, 3.05) is 26.3 Å². The molecule has 3 aromatic carbocycles. The van der Waals surface area contributed by atoms with Gasteiger partial charge in [-0.05, 0) is 49.2 Å². The molecular weight excluding hydrogens is 500 g/mol. The second kappa shape index (κ2) is 10.8. The molecule has 202 valence electrons. The second-order valence-electron chi connectivity index (χ2n) is 10.7. The van der Waals surface area contributed by atoms with Crippen LogP contribution in [0.4, 0.5) is 0 Å². The zero-order valence-corrected chi connectivity index (χ0v) is 22.4. The van der Waals surface area contributed by atoms with Gasteiger partial charge in [0.1, 0.15) is 5.82 Å². The molecule has 8 nitrogen and oxygen atoms in total. The molecular formula is C32H32N6O2. The summed E-state index contributed by atoms with van der Waals surface area (Å²) >= 11 is 0. The third kappa shape index (κ3) is 4.85. The Labute approximate surface area is 233 Å². The van der Waals surface area contributed by atoms with E-state index in [1.165, 1.54) is 19.3 Å². The van der Waals surface area contributed by atoms with Crippen molar-refractivity contribution >= 4 is 28.0 Å². The van der Waals surface area contributed by atoms with Crippen LogP contribution in [0.5, 0.6) is 0 Å². The molecule has 1 aliphatic heterocycles. The Morgan fingerprint density at radius 1 is 0.825 bits per heavy atom. The second-order valence-corrected chi connectivity index (χ2v) is 10.7. The summed E-state index contributed by atoms with van der Waals surface area (Å²) in [7, 11) is 0. The lowest BCUT2D eigenvalue weighted by atomic mass is 9.94. The molecule has 5 aromatic rings. The van der Waals surface area contributed by atoms with Crippen molar-refractivity contribution in [3.63, 3.8) is 0 Å². The highest BCUT2D eigenvalue weighted by molar-refractivity contribution is 5.97. The van der Waals surface area contributed by atoms with E-state index in [2.05, 4.69) is 28.2 Å². The molecule has 1 amide bonds. The minimum atomic E-state index is -0.118. The molecule has 0 radical (unpaired) electrons. The summed E-state index contributed by atoms with van der Waals surface area (Å²) in [5, 5.41) is 1.92. The number of carbonyl (C=O) groups is 1. The third-order valence-electron chi connectivity index (χ3n) is 8.03. The number of fused-ring (bicyclic) bond motifs is 2. The molecule has 7 rings (SSSR count). The van der Waals surface area contributed by atoms with Crippen molar-refractivity contribution in [1.82, 2.24) is 30.0 Å². The average Bonchev–Trinajstić information content (AvgIpc) is 3.41. The highest BCUT2D eigenvalue weighted by Crippen LogP contribution is 2.37. The zero-order chi connectivity index (χ0) is 26.9. The Morgan fingerprint density at radius 2 is 1.65 bits per heavy atom. The summed E-state index contributed by atoms with van der Waals surface area (Å²) in [6, 6.07) is 22.6. The van der Waals surface area contributed by atoms with Crippen molar-refractivity contribution in [1.29, 1.82) is 0 Å². The lowest BCUT2D eigenvalue weighted by molar-refractivity contribution is 0.0126. The molecule has 2 aliphatic rings. The maximum absolute atomic E-state index is 13.1. The molecule has 0 spiro atoms. The van der Waals surface area contributed by atoms with Crippen molar-refractivity contribution in [3.05, 3.63) is 78.5 Å². The molecule has 0 unspecified atom stereocenters. The molecule has 1 saturated heterocycles. The van der Waals surface area contributed by atoms with Crippen LogP contribution >= 0.6 is 0 Å². The number of hydrogen-bond acceptors (Lipinski definition) is 6. The molecule has 1 N–H and O–H groups in total. The molecule has 8 heteroatoms. The van der Waals surface area contributed by atoms with Crippen molar-refractivity contribution in [2.24, 2.45) is 0 Å². The molecule has 0 atom stereocenters. The van der Waals surface area contributed by atoms with E-state index in [1.54, 1.807) is 0 Å². The van der Waals surface area contributed by atoms with Crippen LogP contribution in [-0.2, 0) is 4.74 Å². The first-order chi connectivity index (χ1) is 19.7. The topological polar surface area (TPSA) is 85.2 Å². The number of aromatic nitrogens is 4. The number of carbonyl (C=O) groups excluding carboxylic acids is 1. The number of rotatable bonds is 5. The van der Waals surface area contributed by atoms with Gasteiger partial charge in [0.05, 0.1) is 47.2 Å². The van der Waals surface area contributed by atoms with Crippen LogP contribution in [0.3, 0.4) is 0 Å². The predicted octanol–water partition coefficient (Wildman–Crippen LogP) is 5.80. The number of morpholine rings is 1. The van der Waals surface area contributed by atoms with Crippen molar-refractivity contribution in [3.8, 4) is 22.6 Å². The zero-order valence-electron chi connectivity index (χ0n) is 22.4. The Kier molecular flexibility index (Phi) is 6.71. The summed E-state index contributed by atoms with van der Waals surface area (Å²) in [4.78, 5) is 27.8. The highest BCUT2D eigenvalue weighted by Gasteiger charge is 2.24. The van der Waals surface area contributed by atoms with Crippen LogP contribution in [-0.4, -0.2) is 56.7 Å². The maximum atomic E-state index is 13.1. The highest BCUT2D eigenvalue weighted by atomic mass is 16.5. The van der Waals surface area contributed by atoms with Gasteiger partial charge in [-0.15, -0.1) is 0 Å². The number of nitrogens with zero attached hydrogens (tertiary/aromatic N) is 5. The smallest absolute Gasteiger partial charge is 0.265 e. The van der Waals surface area contributed by atoms with Crippen LogP contribution in [0.25, 0.3) is 44.7 Å². The van der Waals surface area contributed by atoms with Crippen LogP contribution in [0.2, 0.25) is 0 Å². The summed E-state index contributed by atoms with van der Waals surface area (Å²) in [5.74, 6) is 0.802. The molecule has 1 aliphatic carbocycles. The SMILES string of the molecule is O=C(NN1CCOCC1)c1ccc2c(c1)nc(-c1ccc3nc(-c4ccccc4)cnc3c1)n2C1CCCCC1. The fraction of sp³-hybridized carbons (Fsp3) is 0.312. The first kappa shape index (κ1) is 24.9. The van der Waals surface area contributed by atoms with E-state index in [4.69, 9.17) is 19.7 Å². The number of ether oxygens (including phenoxy) is 1. The van der Waals surface area contributed by atoms with Gasteiger partial charge in [-0.25, -0.2) is 15.0 Å². The standard InChI is InChI=1S/C32H32N6O2/c39-32(36-37-15-17-40-18-16-37)24-12-14-30-28(20-24)35-31(38(30)25-9-5-2-6-10-25)23-11-13-26-27(19-23)33-21-29(34-26)22-7-3-1-4-8-22/h1,3-4,7-8,11-14,19-21,25H,2,5-6,9-10,15-18H2,(H,36,39). The maximum Gasteiger partial charge on any atom is 0.265 e. The molecule has 1 saturated carbocycles. The van der Waals surface area contributed by atoms with Crippen LogP contribution < -0.4 is 5.43 Å². The fourth-order valence-electron chi connectivity index (χ4n) is 5.93. The number of hydrogen-bond donors (Lipinski definition) is 1. The van der Waals surface area contributed by atoms with Crippen LogP contribution in [0.15, 0.2) is 72.9 Å². The first-order valence-corrected chi connectivity index (χ1v) is 14.2. The lowest BCUT2D eigenvalue weighted by Crippen LogP contribution is -2.48. The number of hydrazine groups is 1. The Hall–Kier alpha value is -4.14. The average molecular weight is 533 g/mol. The van der Waals surface area contributed by atoms with Gasteiger partial charge in [0.25, 0.3) is 5.91 Å². The monoisotopic (exact) mass is 532 g/mol. The van der Waals surface area contributed by atoms with Gasteiger partial charge in [0.15, 0.2) is 0 Å². The van der Waals surface area contributed by atoms with Crippen LogP contribution in [0, 0.1) is 0 Å². The van der Waals surface area contributed by atoms with Gasteiger partial charge >= 0.3 is 0 Å². The summed E-state index contributed by atoms with van der Waals surface area (Å²) in [6.07, 6.45) is 7.81. The Balaban J connectivity index is 1.27. The van der Waals surface area contributed by atoms with E-state index in [0.717, 1.165) is 57.6 Å². The van der Waals surface area contributed by atoms with E-state index in [0.29, 0.717) is 37.9 Å². The number of nitrogens with one attached hydrogen (secondary N) is 1. The van der Waals surface area contributed by atoms with Gasteiger partial charge in [-0.3, -0.25) is 15.2 Å². The van der Waals surface area contributed by atoms with Crippen LogP contribution in [0.1, 0.15) is 48.5 Å². The molecule has 2 aromatic heterocycles. The van der Waals surface area contributed by atoms with Gasteiger partial charge in [-0.2, -0.15) is 0 Å². The quantitative estimate of drug-likeness (QED) is 0.308. The summed E-state index contributed by atoms with van der Waals surface area (Å²) in [6.45, 7) is 2.62. The lowest BCUT2D eigenvalue weighted by Gasteiger charge is -2.27. The molecule has 40 heavy (non-hydrogen) atoms. The summed E-state index contributed by atoms with van der Waals surface area (Å²) < 4.78 is 7.79. The van der Waals surface area contributed by atoms with Crippen molar-refractivity contribution in [2.45, 2.75) is 38.1 Å². The van der Waals surface area contributed by atoms with Crippen molar-refractivity contribution < 1.29 is 9.53 Å². The third-order valence-corrected chi connectivity index (χ3v) is 8.03. The van der Waals surface area contributed by atoms with E-state index in [1.807, 2.05) is 59.7 Å². The van der Waals surface area contributed by atoms with Gasteiger partial charge in [-0.1, -0.05) is 49.6 Å². The minimum absolute atomic E-state index is 0.118. The Morgan fingerprint density at radius 3 is 2.48 bits per heavy atom. The summed E-state index contributed by atoms with van der Waals surface area (Å²) in [5.41, 5.74) is 10.1. The normalized spacial score (nSPS) is 16.9.